The van der Waals surface area contributed by atoms with Gasteiger partial charge in [0.05, 0.1) is 11.8 Å². The Hall–Kier alpha value is -1.13. The van der Waals surface area contributed by atoms with Gasteiger partial charge in [-0.15, -0.1) is 0 Å². The number of para-hydroxylation sites is 1. The minimum atomic E-state index is -0.347. The number of piperidine rings is 1. The quantitative estimate of drug-likeness (QED) is 0.870. The van der Waals surface area contributed by atoms with E-state index in [4.69, 9.17) is 0 Å². The summed E-state index contributed by atoms with van der Waals surface area (Å²) >= 11 is 0. The Morgan fingerprint density at radius 3 is 2.95 bits per heavy atom. The van der Waals surface area contributed by atoms with Gasteiger partial charge in [0.15, 0.2) is 0 Å². The van der Waals surface area contributed by atoms with Gasteiger partial charge in [-0.1, -0.05) is 26.0 Å². The molecule has 0 radical (unpaired) electrons. The smallest absolute Gasteiger partial charge is 0.146 e. The molecule has 2 N–H and O–H groups in total. The second-order valence-corrected chi connectivity index (χ2v) is 6.01. The number of nitrogens with zero attached hydrogens (tertiary/aromatic N) is 1. The van der Waals surface area contributed by atoms with E-state index in [9.17, 15) is 9.50 Å². The normalized spacial score (nSPS) is 19.6. The van der Waals surface area contributed by atoms with Crippen molar-refractivity contribution in [3.8, 4) is 0 Å². The SMILES string of the molecule is CC(C)CNCc1cccc(F)c1N1CCCC(O)C1. The van der Waals surface area contributed by atoms with Crippen molar-refractivity contribution in [2.75, 3.05) is 24.5 Å². The first-order valence-electron chi connectivity index (χ1n) is 7.49. The highest BCUT2D eigenvalue weighted by molar-refractivity contribution is 5.55. The van der Waals surface area contributed by atoms with Gasteiger partial charge in [-0.2, -0.15) is 0 Å². The van der Waals surface area contributed by atoms with Crippen molar-refractivity contribution in [1.29, 1.82) is 0 Å². The number of rotatable bonds is 5. The van der Waals surface area contributed by atoms with Crippen LogP contribution >= 0.6 is 0 Å². The van der Waals surface area contributed by atoms with Crippen LogP contribution in [0.2, 0.25) is 0 Å². The lowest BCUT2D eigenvalue weighted by molar-refractivity contribution is 0.154. The molecule has 20 heavy (non-hydrogen) atoms. The van der Waals surface area contributed by atoms with Gasteiger partial charge in [0.1, 0.15) is 5.82 Å². The number of benzene rings is 1. The first-order chi connectivity index (χ1) is 9.58. The zero-order valence-electron chi connectivity index (χ0n) is 12.4. The van der Waals surface area contributed by atoms with Crippen LogP contribution < -0.4 is 10.2 Å². The molecule has 0 saturated carbocycles. The summed E-state index contributed by atoms with van der Waals surface area (Å²) in [5.41, 5.74) is 1.63. The van der Waals surface area contributed by atoms with Crippen LogP contribution in [0.3, 0.4) is 0 Å². The molecule has 0 bridgehead atoms. The molecule has 2 rings (SSSR count). The average molecular weight is 280 g/mol. The first-order valence-corrected chi connectivity index (χ1v) is 7.49. The molecule has 1 saturated heterocycles. The average Bonchev–Trinajstić information content (AvgIpc) is 2.38. The Labute approximate surface area is 120 Å². The van der Waals surface area contributed by atoms with Crippen molar-refractivity contribution in [3.63, 3.8) is 0 Å². The fourth-order valence-corrected chi connectivity index (χ4v) is 2.71. The van der Waals surface area contributed by atoms with Gasteiger partial charge in [0.2, 0.25) is 0 Å². The predicted octanol–water partition coefficient (Wildman–Crippen LogP) is 2.53. The number of aliphatic hydroxyl groups excluding tert-OH is 1. The molecule has 1 aliphatic rings. The molecule has 1 fully saturated rings. The maximum atomic E-state index is 14.2. The molecule has 1 atom stereocenters. The summed E-state index contributed by atoms with van der Waals surface area (Å²) in [5.74, 6) is 0.381. The van der Waals surface area contributed by atoms with Crippen molar-refractivity contribution >= 4 is 5.69 Å². The van der Waals surface area contributed by atoms with Crippen LogP contribution in [0.1, 0.15) is 32.3 Å². The molecule has 112 valence electrons. The van der Waals surface area contributed by atoms with Gasteiger partial charge in [0, 0.05) is 19.6 Å². The van der Waals surface area contributed by atoms with Gasteiger partial charge >= 0.3 is 0 Å². The highest BCUT2D eigenvalue weighted by atomic mass is 19.1. The Balaban J connectivity index is 2.13. The van der Waals surface area contributed by atoms with Crippen LogP contribution in [0.15, 0.2) is 18.2 Å². The fourth-order valence-electron chi connectivity index (χ4n) is 2.71. The molecule has 3 nitrogen and oxygen atoms in total. The zero-order valence-corrected chi connectivity index (χ0v) is 12.4. The van der Waals surface area contributed by atoms with Gasteiger partial charge < -0.3 is 15.3 Å². The maximum absolute atomic E-state index is 14.2. The number of halogens is 1. The number of aliphatic hydroxyl groups is 1. The first kappa shape index (κ1) is 15.3. The summed E-state index contributed by atoms with van der Waals surface area (Å²) in [5, 5.41) is 13.2. The number of hydrogen-bond acceptors (Lipinski definition) is 3. The summed E-state index contributed by atoms with van der Waals surface area (Å²) in [6.45, 7) is 7.23. The molecule has 0 aromatic heterocycles. The van der Waals surface area contributed by atoms with E-state index >= 15 is 0 Å². The fraction of sp³-hybridized carbons (Fsp3) is 0.625. The monoisotopic (exact) mass is 280 g/mol. The molecule has 0 spiro atoms. The highest BCUT2D eigenvalue weighted by Crippen LogP contribution is 2.27. The number of anilines is 1. The van der Waals surface area contributed by atoms with Gasteiger partial charge in [-0.05, 0) is 36.9 Å². The molecule has 0 aliphatic carbocycles. The van der Waals surface area contributed by atoms with Crippen LogP contribution in [0, 0.1) is 11.7 Å². The van der Waals surface area contributed by atoms with E-state index in [2.05, 4.69) is 19.2 Å². The molecule has 1 aromatic carbocycles. The summed E-state index contributed by atoms with van der Waals surface area (Å²) in [6.07, 6.45) is 1.38. The van der Waals surface area contributed by atoms with Crippen molar-refractivity contribution in [3.05, 3.63) is 29.6 Å². The van der Waals surface area contributed by atoms with Crippen LogP contribution in [0.5, 0.6) is 0 Å². The summed E-state index contributed by atoms with van der Waals surface area (Å²) < 4.78 is 14.2. The third-order valence-corrected chi connectivity index (χ3v) is 3.65. The summed E-state index contributed by atoms with van der Waals surface area (Å²) in [6, 6.07) is 5.22. The topological polar surface area (TPSA) is 35.5 Å². The lowest BCUT2D eigenvalue weighted by Gasteiger charge is -2.33. The standard InChI is InChI=1S/C16H25FN2O/c1-12(2)9-18-10-13-5-3-7-15(17)16(13)19-8-4-6-14(20)11-19/h3,5,7,12,14,18,20H,4,6,8-11H2,1-2H3. The van der Waals surface area contributed by atoms with E-state index in [0.717, 1.165) is 31.5 Å². The highest BCUT2D eigenvalue weighted by Gasteiger charge is 2.22. The van der Waals surface area contributed by atoms with E-state index in [0.29, 0.717) is 24.7 Å². The van der Waals surface area contributed by atoms with Crippen LogP contribution in [-0.2, 0) is 6.54 Å². The predicted molar refractivity (Wildman–Crippen MR) is 80.4 cm³/mol. The zero-order chi connectivity index (χ0) is 14.5. The van der Waals surface area contributed by atoms with Crippen LogP contribution in [-0.4, -0.2) is 30.8 Å². The molecule has 1 unspecified atom stereocenters. The molecular formula is C16H25FN2O. The Bertz CT molecular complexity index is 436. The molecule has 4 heteroatoms. The van der Waals surface area contributed by atoms with E-state index < -0.39 is 0 Å². The lowest BCUT2D eigenvalue weighted by Crippen LogP contribution is -2.39. The number of hydrogen-bond donors (Lipinski definition) is 2. The lowest BCUT2D eigenvalue weighted by atomic mass is 10.0. The van der Waals surface area contributed by atoms with E-state index in [1.807, 2.05) is 11.0 Å². The van der Waals surface area contributed by atoms with Crippen LogP contribution in [0.4, 0.5) is 10.1 Å². The van der Waals surface area contributed by atoms with Gasteiger partial charge in [0.25, 0.3) is 0 Å². The van der Waals surface area contributed by atoms with Crippen molar-refractivity contribution in [2.24, 2.45) is 5.92 Å². The van der Waals surface area contributed by atoms with Crippen LogP contribution in [0.25, 0.3) is 0 Å². The Kier molecular flexibility index (Phi) is 5.38. The molecule has 1 aliphatic heterocycles. The third-order valence-electron chi connectivity index (χ3n) is 3.65. The Morgan fingerprint density at radius 1 is 1.45 bits per heavy atom. The minimum absolute atomic E-state index is 0.192. The number of nitrogens with one attached hydrogen (secondary N) is 1. The molecular weight excluding hydrogens is 255 g/mol. The van der Waals surface area contributed by atoms with Gasteiger partial charge in [-0.3, -0.25) is 0 Å². The van der Waals surface area contributed by atoms with Crippen molar-refractivity contribution in [1.82, 2.24) is 5.32 Å². The summed E-state index contributed by atoms with van der Waals surface area (Å²) in [4.78, 5) is 1.98. The third kappa shape index (κ3) is 3.93. The van der Waals surface area contributed by atoms with Gasteiger partial charge in [-0.25, -0.2) is 4.39 Å². The largest absolute Gasteiger partial charge is 0.391 e. The second-order valence-electron chi connectivity index (χ2n) is 6.01. The molecule has 1 aromatic rings. The Morgan fingerprint density at radius 2 is 2.25 bits per heavy atom. The van der Waals surface area contributed by atoms with Crippen molar-refractivity contribution < 1.29 is 9.50 Å². The molecule has 0 amide bonds. The minimum Gasteiger partial charge on any atom is -0.391 e. The summed E-state index contributed by atoms with van der Waals surface area (Å²) in [7, 11) is 0. The number of β-amino-alcohol motifs (C(OH)–C–C–N with tert-alkyl or cyclic N) is 1. The van der Waals surface area contributed by atoms with E-state index in [-0.39, 0.29) is 11.9 Å². The van der Waals surface area contributed by atoms with E-state index in [1.54, 1.807) is 6.07 Å². The maximum Gasteiger partial charge on any atom is 0.146 e. The van der Waals surface area contributed by atoms with Crippen molar-refractivity contribution in [2.45, 2.75) is 39.3 Å². The van der Waals surface area contributed by atoms with E-state index in [1.165, 1.54) is 6.07 Å². The second kappa shape index (κ2) is 7.04. The molecule has 1 heterocycles.